The van der Waals surface area contributed by atoms with E-state index in [9.17, 15) is 4.79 Å². The Bertz CT molecular complexity index is 309. The van der Waals surface area contributed by atoms with E-state index in [0.29, 0.717) is 17.8 Å². The van der Waals surface area contributed by atoms with E-state index < -0.39 is 11.5 Å². The summed E-state index contributed by atoms with van der Waals surface area (Å²) in [5.41, 5.74) is 5.86. The molecule has 0 heterocycles. The minimum atomic E-state index is -0.746. The lowest BCUT2D eigenvalue weighted by atomic mass is 9.48. The Labute approximate surface area is 103 Å². The van der Waals surface area contributed by atoms with Gasteiger partial charge in [0, 0.05) is 5.54 Å². The van der Waals surface area contributed by atoms with Crippen molar-refractivity contribution in [1.82, 2.24) is 0 Å². The second-order valence-electron chi connectivity index (χ2n) is 7.03. The minimum Gasteiger partial charge on any atom is -0.481 e. The fourth-order valence-corrected chi connectivity index (χ4v) is 5.45. The first-order valence-corrected chi connectivity index (χ1v) is 6.96. The molecule has 0 aromatic carbocycles. The first-order valence-electron chi connectivity index (χ1n) is 6.96. The molecule has 4 saturated carbocycles. The zero-order chi connectivity index (χ0) is 12.2. The summed E-state index contributed by atoms with van der Waals surface area (Å²) in [5, 5.41) is 9.02. The second kappa shape index (κ2) is 3.71. The molecule has 3 nitrogen and oxygen atoms in total. The van der Waals surface area contributed by atoms with Crippen LogP contribution in [0.5, 0.6) is 0 Å². The van der Waals surface area contributed by atoms with Gasteiger partial charge in [-0.05, 0) is 68.6 Å². The first kappa shape index (κ1) is 11.5. The molecule has 1 unspecified atom stereocenters. The van der Waals surface area contributed by atoms with Crippen LogP contribution in [0.15, 0.2) is 0 Å². The summed E-state index contributed by atoms with van der Waals surface area (Å²) in [5.74, 6) is 2.97. The van der Waals surface area contributed by atoms with Crippen LogP contribution in [0.4, 0.5) is 0 Å². The van der Waals surface area contributed by atoms with Crippen molar-refractivity contribution in [2.45, 2.75) is 51.0 Å². The molecule has 4 fully saturated rings. The Hall–Kier alpha value is -0.570. The highest BCUT2D eigenvalue weighted by Gasteiger charge is 2.53. The van der Waals surface area contributed by atoms with Gasteiger partial charge in [-0.3, -0.25) is 4.79 Å². The van der Waals surface area contributed by atoms with Crippen molar-refractivity contribution < 1.29 is 9.90 Å². The molecule has 4 bridgehead atoms. The lowest BCUT2D eigenvalue weighted by Crippen LogP contribution is -2.58. The number of hydrogen-bond acceptors (Lipinski definition) is 2. The van der Waals surface area contributed by atoms with Gasteiger partial charge < -0.3 is 10.8 Å². The van der Waals surface area contributed by atoms with Crippen molar-refractivity contribution in [3.05, 3.63) is 0 Å². The van der Waals surface area contributed by atoms with Crippen LogP contribution >= 0.6 is 0 Å². The molecule has 0 aromatic rings. The number of carbonyl (C=O) groups is 1. The smallest absolute Gasteiger partial charge is 0.305 e. The summed E-state index contributed by atoms with van der Waals surface area (Å²) >= 11 is 0. The number of carboxylic acids is 1. The maximum absolute atomic E-state index is 11.0. The molecule has 4 aliphatic carbocycles. The van der Waals surface area contributed by atoms with Gasteiger partial charge >= 0.3 is 5.97 Å². The van der Waals surface area contributed by atoms with Crippen molar-refractivity contribution in [3.63, 3.8) is 0 Å². The molecular weight excluding hydrogens is 214 g/mol. The van der Waals surface area contributed by atoms with E-state index in [1.54, 1.807) is 0 Å². The molecular formula is C14H23NO2. The van der Waals surface area contributed by atoms with Gasteiger partial charge in [0.15, 0.2) is 0 Å². The SMILES string of the molecule is CC(N)(CC(=O)O)C1C2CC3CC(C2)CC1C3. The highest BCUT2D eigenvalue weighted by molar-refractivity contribution is 5.68. The normalized spacial score (nSPS) is 46.8. The van der Waals surface area contributed by atoms with Crippen molar-refractivity contribution in [2.24, 2.45) is 35.3 Å². The molecule has 17 heavy (non-hydrogen) atoms. The number of aliphatic carboxylic acids is 1. The number of hydrogen-bond donors (Lipinski definition) is 2. The van der Waals surface area contributed by atoms with E-state index in [1.165, 1.54) is 32.1 Å². The second-order valence-corrected chi connectivity index (χ2v) is 7.03. The molecule has 0 radical (unpaired) electrons. The zero-order valence-corrected chi connectivity index (χ0v) is 10.6. The maximum atomic E-state index is 11.0. The highest BCUT2D eigenvalue weighted by Crippen LogP contribution is 2.59. The lowest BCUT2D eigenvalue weighted by Gasteiger charge is -2.58. The summed E-state index contributed by atoms with van der Waals surface area (Å²) in [6, 6.07) is 0. The Morgan fingerprint density at radius 2 is 1.65 bits per heavy atom. The number of rotatable bonds is 3. The molecule has 0 aliphatic heterocycles. The van der Waals surface area contributed by atoms with Crippen molar-refractivity contribution in [1.29, 1.82) is 0 Å². The van der Waals surface area contributed by atoms with Crippen LogP contribution in [0.2, 0.25) is 0 Å². The van der Waals surface area contributed by atoms with Gasteiger partial charge in [0.1, 0.15) is 0 Å². The third kappa shape index (κ3) is 1.88. The molecule has 4 aliphatic rings. The van der Waals surface area contributed by atoms with Crippen molar-refractivity contribution >= 4 is 5.97 Å². The Balaban J connectivity index is 1.81. The summed E-state index contributed by atoms with van der Waals surface area (Å²) in [4.78, 5) is 11.0. The van der Waals surface area contributed by atoms with Crippen LogP contribution < -0.4 is 5.73 Å². The molecule has 4 rings (SSSR count). The molecule has 0 saturated heterocycles. The van der Waals surface area contributed by atoms with E-state index in [4.69, 9.17) is 10.8 Å². The molecule has 3 N–H and O–H groups in total. The molecule has 96 valence electrons. The monoisotopic (exact) mass is 237 g/mol. The van der Waals surface area contributed by atoms with Crippen LogP contribution in [0.3, 0.4) is 0 Å². The highest BCUT2D eigenvalue weighted by atomic mass is 16.4. The van der Waals surface area contributed by atoms with E-state index in [-0.39, 0.29) is 6.42 Å². The van der Waals surface area contributed by atoms with Gasteiger partial charge in [-0.25, -0.2) is 0 Å². The third-order valence-electron chi connectivity index (χ3n) is 5.52. The average Bonchev–Trinajstić information content (AvgIpc) is 2.11. The van der Waals surface area contributed by atoms with Crippen molar-refractivity contribution in [2.75, 3.05) is 0 Å². The molecule has 1 atom stereocenters. The summed E-state index contributed by atoms with van der Waals surface area (Å²) in [6.07, 6.45) is 6.79. The number of nitrogens with two attached hydrogens (primary N) is 1. The third-order valence-corrected chi connectivity index (χ3v) is 5.52. The van der Waals surface area contributed by atoms with E-state index in [2.05, 4.69) is 0 Å². The van der Waals surface area contributed by atoms with Gasteiger partial charge in [0.05, 0.1) is 6.42 Å². The molecule has 0 spiro atoms. The predicted molar refractivity (Wildman–Crippen MR) is 65.4 cm³/mol. The Kier molecular flexibility index (Phi) is 2.51. The van der Waals surface area contributed by atoms with Gasteiger partial charge in [-0.1, -0.05) is 0 Å². The summed E-state index contributed by atoms with van der Waals surface area (Å²) < 4.78 is 0. The van der Waals surface area contributed by atoms with Gasteiger partial charge in [0.2, 0.25) is 0 Å². The topological polar surface area (TPSA) is 63.3 Å². The number of carboxylic acid groups (broad SMARTS) is 1. The van der Waals surface area contributed by atoms with Crippen LogP contribution in [-0.4, -0.2) is 16.6 Å². The van der Waals surface area contributed by atoms with Crippen LogP contribution in [0.1, 0.15) is 45.4 Å². The summed E-state index contributed by atoms with van der Waals surface area (Å²) in [7, 11) is 0. The quantitative estimate of drug-likeness (QED) is 0.791. The van der Waals surface area contributed by atoms with Crippen molar-refractivity contribution in [3.8, 4) is 0 Å². The van der Waals surface area contributed by atoms with Gasteiger partial charge in [0.25, 0.3) is 0 Å². The van der Waals surface area contributed by atoms with E-state index in [1.807, 2.05) is 6.92 Å². The van der Waals surface area contributed by atoms with E-state index >= 15 is 0 Å². The van der Waals surface area contributed by atoms with E-state index in [0.717, 1.165) is 11.8 Å². The fraction of sp³-hybridized carbons (Fsp3) is 0.929. The molecule has 3 heteroatoms. The molecule has 0 aromatic heterocycles. The van der Waals surface area contributed by atoms with Gasteiger partial charge in [-0.2, -0.15) is 0 Å². The lowest BCUT2D eigenvalue weighted by molar-refractivity contribution is -0.141. The zero-order valence-electron chi connectivity index (χ0n) is 10.6. The fourth-order valence-electron chi connectivity index (χ4n) is 5.45. The standard InChI is InChI=1S/C14H23NO2/c1-14(15,7-12(16)17)13-10-3-8-2-9(5-10)6-11(13)4-8/h8-11,13H,2-7,15H2,1H3,(H,16,17). The predicted octanol–water partition coefficient (Wildman–Crippen LogP) is 2.25. The summed E-state index contributed by atoms with van der Waals surface area (Å²) in [6.45, 7) is 1.97. The van der Waals surface area contributed by atoms with Gasteiger partial charge in [-0.15, -0.1) is 0 Å². The Morgan fingerprint density at radius 1 is 1.18 bits per heavy atom. The minimum absolute atomic E-state index is 0.125. The average molecular weight is 237 g/mol. The van der Waals surface area contributed by atoms with Crippen LogP contribution in [0, 0.1) is 29.6 Å². The van der Waals surface area contributed by atoms with Crippen LogP contribution in [0.25, 0.3) is 0 Å². The van der Waals surface area contributed by atoms with Crippen LogP contribution in [-0.2, 0) is 4.79 Å². The maximum Gasteiger partial charge on any atom is 0.305 e. The first-order chi connectivity index (χ1) is 7.95. The molecule has 0 amide bonds. The Morgan fingerprint density at radius 3 is 2.06 bits per heavy atom. The largest absolute Gasteiger partial charge is 0.481 e.